The molecular formula is C25H34N2O4. The summed E-state index contributed by atoms with van der Waals surface area (Å²) in [6.07, 6.45) is 5.97. The number of anilines is 1. The summed E-state index contributed by atoms with van der Waals surface area (Å²) in [4.78, 5) is 2.73. The molecule has 0 radical (unpaired) electrons. The molecule has 0 aromatic heterocycles. The van der Waals surface area contributed by atoms with Crippen LogP contribution in [0, 0.1) is 0 Å². The van der Waals surface area contributed by atoms with E-state index < -0.39 is 0 Å². The Morgan fingerprint density at radius 2 is 1.35 bits per heavy atom. The first-order chi connectivity index (χ1) is 15.1. The molecule has 2 bridgehead atoms. The van der Waals surface area contributed by atoms with Gasteiger partial charge in [-0.1, -0.05) is 6.07 Å². The molecule has 0 aliphatic carbocycles. The molecule has 2 aliphatic heterocycles. The molecule has 2 atom stereocenters. The van der Waals surface area contributed by atoms with Crippen LogP contribution in [0.25, 0.3) is 0 Å². The third-order valence-electron chi connectivity index (χ3n) is 6.75. The number of hydrogen-bond acceptors (Lipinski definition) is 6. The van der Waals surface area contributed by atoms with Crippen LogP contribution in [0.1, 0.15) is 31.2 Å². The van der Waals surface area contributed by atoms with Crippen LogP contribution in [0.2, 0.25) is 0 Å². The maximum atomic E-state index is 5.46. The first-order valence-electron chi connectivity index (χ1n) is 11.1. The lowest BCUT2D eigenvalue weighted by molar-refractivity contribution is 0.134. The van der Waals surface area contributed by atoms with Gasteiger partial charge in [-0.05, 0) is 61.9 Å². The van der Waals surface area contributed by atoms with E-state index in [1.165, 1.54) is 31.2 Å². The van der Waals surface area contributed by atoms with E-state index in [1.54, 1.807) is 28.4 Å². The molecule has 2 fully saturated rings. The zero-order valence-corrected chi connectivity index (χ0v) is 19.0. The van der Waals surface area contributed by atoms with Crippen molar-refractivity contribution in [3.05, 3.63) is 42.0 Å². The standard InChI is InChI=1S/C25H34N2O4/c1-28-22-9-5-17(13-24(22)30-3)11-12-27-20-7-8-21(27)15-19(14-20)26-18-6-10-23(29-2)25(16-18)31-4/h5-6,9-10,13,16,19-21,26H,7-8,11-12,14-15H2,1-4H3. The van der Waals surface area contributed by atoms with Crippen LogP contribution in [-0.2, 0) is 6.42 Å². The number of hydrogen-bond donors (Lipinski definition) is 1. The third kappa shape index (κ3) is 4.69. The van der Waals surface area contributed by atoms with Crippen molar-refractivity contribution in [3.63, 3.8) is 0 Å². The Labute approximate surface area is 185 Å². The largest absolute Gasteiger partial charge is 0.493 e. The molecule has 2 saturated heterocycles. The fourth-order valence-electron chi connectivity index (χ4n) is 5.21. The van der Waals surface area contributed by atoms with E-state index in [2.05, 4.69) is 28.4 Å². The average molecular weight is 427 g/mol. The Balaban J connectivity index is 1.35. The Hall–Kier alpha value is -2.60. The van der Waals surface area contributed by atoms with E-state index in [-0.39, 0.29) is 0 Å². The number of piperidine rings is 1. The molecule has 0 amide bonds. The van der Waals surface area contributed by atoms with Crippen LogP contribution < -0.4 is 24.3 Å². The summed E-state index contributed by atoms with van der Waals surface area (Å²) in [5, 5.41) is 3.74. The van der Waals surface area contributed by atoms with Gasteiger partial charge in [0.15, 0.2) is 23.0 Å². The lowest BCUT2D eigenvalue weighted by atomic mass is 9.96. The van der Waals surface area contributed by atoms with Crippen molar-refractivity contribution in [3.8, 4) is 23.0 Å². The number of fused-ring (bicyclic) bond motifs is 2. The summed E-state index contributed by atoms with van der Waals surface area (Å²) < 4.78 is 21.6. The smallest absolute Gasteiger partial charge is 0.162 e. The van der Waals surface area contributed by atoms with Crippen LogP contribution in [0.3, 0.4) is 0 Å². The molecule has 1 N–H and O–H groups in total. The van der Waals surface area contributed by atoms with Gasteiger partial charge in [-0.15, -0.1) is 0 Å². The summed E-state index contributed by atoms with van der Waals surface area (Å²) in [7, 11) is 6.71. The predicted molar refractivity (Wildman–Crippen MR) is 123 cm³/mol. The van der Waals surface area contributed by atoms with E-state index in [9.17, 15) is 0 Å². The van der Waals surface area contributed by atoms with Gasteiger partial charge in [-0.2, -0.15) is 0 Å². The van der Waals surface area contributed by atoms with Crippen LogP contribution in [0.4, 0.5) is 5.69 Å². The van der Waals surface area contributed by atoms with Crippen molar-refractivity contribution in [1.82, 2.24) is 4.90 Å². The van der Waals surface area contributed by atoms with Gasteiger partial charge in [0, 0.05) is 36.4 Å². The molecule has 2 aromatic carbocycles. The van der Waals surface area contributed by atoms with E-state index in [0.29, 0.717) is 18.1 Å². The number of methoxy groups -OCH3 is 4. The maximum absolute atomic E-state index is 5.46. The molecule has 0 spiro atoms. The number of nitrogens with one attached hydrogen (secondary N) is 1. The molecule has 2 aliphatic rings. The molecule has 2 aromatic rings. The predicted octanol–water partition coefficient (Wildman–Crippen LogP) is 4.37. The highest BCUT2D eigenvalue weighted by Crippen LogP contribution is 2.38. The SMILES string of the molecule is COc1ccc(CCN2C3CCC2CC(Nc2ccc(OC)c(OC)c2)C3)cc1OC. The second kappa shape index (κ2) is 9.69. The van der Waals surface area contributed by atoms with E-state index in [4.69, 9.17) is 18.9 Å². The molecule has 4 rings (SSSR count). The third-order valence-corrected chi connectivity index (χ3v) is 6.75. The fraction of sp³-hybridized carbons (Fsp3) is 0.520. The van der Waals surface area contributed by atoms with Gasteiger partial charge in [0.1, 0.15) is 0 Å². The van der Waals surface area contributed by atoms with Crippen LogP contribution >= 0.6 is 0 Å². The summed E-state index contributed by atoms with van der Waals surface area (Å²) in [6.45, 7) is 1.09. The van der Waals surface area contributed by atoms with Crippen molar-refractivity contribution in [2.45, 2.75) is 50.2 Å². The quantitative estimate of drug-likeness (QED) is 0.643. The molecule has 2 heterocycles. The monoisotopic (exact) mass is 426 g/mol. The van der Waals surface area contributed by atoms with E-state index >= 15 is 0 Å². The van der Waals surface area contributed by atoms with Crippen LogP contribution in [0.5, 0.6) is 23.0 Å². The minimum atomic E-state index is 0.493. The lowest BCUT2D eigenvalue weighted by Gasteiger charge is -2.39. The Morgan fingerprint density at radius 3 is 1.97 bits per heavy atom. The zero-order valence-electron chi connectivity index (χ0n) is 19.0. The molecule has 168 valence electrons. The fourth-order valence-corrected chi connectivity index (χ4v) is 5.21. The number of nitrogens with zero attached hydrogens (tertiary/aromatic N) is 1. The Kier molecular flexibility index (Phi) is 6.76. The molecule has 0 saturated carbocycles. The van der Waals surface area contributed by atoms with Crippen molar-refractivity contribution in [2.75, 3.05) is 40.3 Å². The maximum Gasteiger partial charge on any atom is 0.162 e. The highest BCUT2D eigenvalue weighted by molar-refractivity contribution is 5.55. The number of ether oxygens (including phenoxy) is 4. The minimum absolute atomic E-state index is 0.493. The second-order valence-corrected chi connectivity index (χ2v) is 8.44. The highest BCUT2D eigenvalue weighted by atomic mass is 16.5. The molecular weight excluding hydrogens is 392 g/mol. The van der Waals surface area contributed by atoms with Crippen molar-refractivity contribution in [2.24, 2.45) is 0 Å². The van der Waals surface area contributed by atoms with Crippen molar-refractivity contribution in [1.29, 1.82) is 0 Å². The van der Waals surface area contributed by atoms with Gasteiger partial charge >= 0.3 is 0 Å². The van der Waals surface area contributed by atoms with Gasteiger partial charge in [-0.3, -0.25) is 4.90 Å². The highest BCUT2D eigenvalue weighted by Gasteiger charge is 2.40. The zero-order chi connectivity index (χ0) is 21.8. The summed E-state index contributed by atoms with van der Waals surface area (Å²) in [5.74, 6) is 3.12. The molecule has 6 heteroatoms. The summed E-state index contributed by atoms with van der Waals surface area (Å²) >= 11 is 0. The minimum Gasteiger partial charge on any atom is -0.493 e. The first kappa shape index (κ1) is 21.6. The molecule has 6 nitrogen and oxygen atoms in total. The van der Waals surface area contributed by atoms with Gasteiger partial charge in [0.2, 0.25) is 0 Å². The first-order valence-corrected chi connectivity index (χ1v) is 11.1. The Morgan fingerprint density at radius 1 is 0.774 bits per heavy atom. The second-order valence-electron chi connectivity index (χ2n) is 8.44. The normalized spacial score (nSPS) is 22.8. The number of benzene rings is 2. The lowest BCUT2D eigenvalue weighted by Crippen LogP contribution is -2.47. The number of rotatable bonds is 9. The topological polar surface area (TPSA) is 52.2 Å². The summed E-state index contributed by atoms with van der Waals surface area (Å²) in [6, 6.07) is 14.1. The molecule has 2 unspecified atom stereocenters. The van der Waals surface area contributed by atoms with Gasteiger partial charge in [-0.25, -0.2) is 0 Å². The van der Waals surface area contributed by atoms with Gasteiger partial charge in [0.05, 0.1) is 28.4 Å². The van der Waals surface area contributed by atoms with Crippen LogP contribution in [-0.4, -0.2) is 58.0 Å². The van der Waals surface area contributed by atoms with E-state index in [0.717, 1.165) is 41.7 Å². The summed E-state index contributed by atoms with van der Waals surface area (Å²) in [5.41, 5.74) is 2.39. The Bertz CT molecular complexity index is 874. The van der Waals surface area contributed by atoms with Crippen LogP contribution in [0.15, 0.2) is 36.4 Å². The van der Waals surface area contributed by atoms with E-state index in [1.807, 2.05) is 18.2 Å². The molecule has 31 heavy (non-hydrogen) atoms. The van der Waals surface area contributed by atoms with Gasteiger partial charge < -0.3 is 24.3 Å². The van der Waals surface area contributed by atoms with Crippen molar-refractivity contribution >= 4 is 5.69 Å². The average Bonchev–Trinajstić information content (AvgIpc) is 3.05. The van der Waals surface area contributed by atoms with Gasteiger partial charge in [0.25, 0.3) is 0 Å². The van der Waals surface area contributed by atoms with Crippen molar-refractivity contribution < 1.29 is 18.9 Å².